The van der Waals surface area contributed by atoms with Gasteiger partial charge in [-0.05, 0) is 58.1 Å². The standard InChI is InChI=1S/C17H30FN3/c1-6-21(14(3)12-20(4)5)10-9-17(19)15-8-7-13(2)16(18)11-15/h7-8,11,14,17H,6,9-10,12,19H2,1-5H3. The van der Waals surface area contributed by atoms with Gasteiger partial charge in [0.2, 0.25) is 0 Å². The Kier molecular flexibility index (Phi) is 7.29. The number of aryl methyl sites for hydroxylation is 1. The first-order chi connectivity index (χ1) is 9.85. The fourth-order valence-corrected chi connectivity index (χ4v) is 2.65. The lowest BCUT2D eigenvalue weighted by atomic mass is 10.0. The first-order valence-corrected chi connectivity index (χ1v) is 7.75. The predicted octanol–water partition coefficient (Wildman–Crippen LogP) is 2.80. The van der Waals surface area contributed by atoms with Gasteiger partial charge in [0.15, 0.2) is 0 Å². The van der Waals surface area contributed by atoms with Crippen molar-refractivity contribution in [1.82, 2.24) is 9.80 Å². The summed E-state index contributed by atoms with van der Waals surface area (Å²) in [6.07, 6.45) is 0.841. The summed E-state index contributed by atoms with van der Waals surface area (Å²) >= 11 is 0. The number of likely N-dealkylation sites (N-methyl/N-ethyl adjacent to an activating group) is 2. The lowest BCUT2D eigenvalue weighted by Crippen LogP contribution is -2.41. The third kappa shape index (κ3) is 5.73. The van der Waals surface area contributed by atoms with Crippen LogP contribution in [-0.4, -0.2) is 49.6 Å². The van der Waals surface area contributed by atoms with Gasteiger partial charge >= 0.3 is 0 Å². The summed E-state index contributed by atoms with van der Waals surface area (Å²) in [6, 6.07) is 5.69. The normalized spacial score (nSPS) is 14.7. The molecule has 0 radical (unpaired) electrons. The number of rotatable bonds is 8. The van der Waals surface area contributed by atoms with E-state index >= 15 is 0 Å². The summed E-state index contributed by atoms with van der Waals surface area (Å²) in [5.74, 6) is -0.170. The van der Waals surface area contributed by atoms with E-state index in [1.54, 1.807) is 19.1 Å². The van der Waals surface area contributed by atoms with Crippen LogP contribution in [0, 0.1) is 12.7 Å². The topological polar surface area (TPSA) is 32.5 Å². The maximum Gasteiger partial charge on any atom is 0.126 e. The molecule has 0 saturated heterocycles. The van der Waals surface area contributed by atoms with E-state index in [1.807, 2.05) is 6.07 Å². The van der Waals surface area contributed by atoms with Crippen molar-refractivity contribution in [1.29, 1.82) is 0 Å². The van der Waals surface area contributed by atoms with Gasteiger partial charge < -0.3 is 10.6 Å². The van der Waals surface area contributed by atoms with Crippen LogP contribution < -0.4 is 5.73 Å². The molecule has 1 aromatic rings. The largest absolute Gasteiger partial charge is 0.324 e. The van der Waals surface area contributed by atoms with E-state index in [9.17, 15) is 4.39 Å². The number of halogens is 1. The molecular formula is C17H30FN3. The highest BCUT2D eigenvalue weighted by Crippen LogP contribution is 2.18. The SMILES string of the molecule is CCN(CCC(N)c1ccc(C)c(F)c1)C(C)CN(C)C. The first-order valence-electron chi connectivity index (χ1n) is 7.75. The number of hydrogen-bond donors (Lipinski definition) is 1. The van der Waals surface area contributed by atoms with Gasteiger partial charge in [0, 0.05) is 25.2 Å². The Morgan fingerprint density at radius 3 is 2.48 bits per heavy atom. The number of nitrogens with zero attached hydrogens (tertiary/aromatic N) is 2. The van der Waals surface area contributed by atoms with Crippen LogP contribution in [0.15, 0.2) is 18.2 Å². The molecule has 0 spiro atoms. The van der Waals surface area contributed by atoms with Gasteiger partial charge in [0.05, 0.1) is 0 Å². The second kappa shape index (κ2) is 8.47. The van der Waals surface area contributed by atoms with Gasteiger partial charge in [0.1, 0.15) is 5.82 Å². The molecule has 4 heteroatoms. The quantitative estimate of drug-likeness (QED) is 0.800. The van der Waals surface area contributed by atoms with Crippen LogP contribution in [-0.2, 0) is 0 Å². The van der Waals surface area contributed by atoms with Crippen LogP contribution >= 0.6 is 0 Å². The van der Waals surface area contributed by atoms with E-state index in [2.05, 4.69) is 37.7 Å². The zero-order valence-electron chi connectivity index (χ0n) is 14.1. The Hall–Kier alpha value is -0.970. The van der Waals surface area contributed by atoms with Gasteiger partial charge in [-0.2, -0.15) is 0 Å². The van der Waals surface area contributed by atoms with Crippen molar-refractivity contribution >= 4 is 0 Å². The summed E-state index contributed by atoms with van der Waals surface area (Å²) in [6.45, 7) is 9.14. The predicted molar refractivity (Wildman–Crippen MR) is 87.9 cm³/mol. The zero-order chi connectivity index (χ0) is 16.0. The lowest BCUT2D eigenvalue weighted by molar-refractivity contribution is 0.176. The van der Waals surface area contributed by atoms with Gasteiger partial charge in [-0.15, -0.1) is 0 Å². The minimum Gasteiger partial charge on any atom is -0.324 e. The molecule has 120 valence electrons. The average Bonchev–Trinajstić information content (AvgIpc) is 2.41. The Bertz CT molecular complexity index is 434. The van der Waals surface area contributed by atoms with Crippen LogP contribution in [0.2, 0.25) is 0 Å². The minimum atomic E-state index is -0.170. The molecule has 3 nitrogen and oxygen atoms in total. The van der Waals surface area contributed by atoms with Crippen LogP contribution in [0.4, 0.5) is 4.39 Å². The molecule has 2 unspecified atom stereocenters. The summed E-state index contributed by atoms with van der Waals surface area (Å²) in [7, 11) is 4.18. The smallest absolute Gasteiger partial charge is 0.126 e. The van der Waals surface area contributed by atoms with Crippen molar-refractivity contribution in [3.8, 4) is 0 Å². The van der Waals surface area contributed by atoms with Crippen molar-refractivity contribution in [3.05, 3.63) is 35.1 Å². The van der Waals surface area contributed by atoms with E-state index in [4.69, 9.17) is 5.73 Å². The van der Waals surface area contributed by atoms with Gasteiger partial charge in [-0.3, -0.25) is 4.90 Å². The number of hydrogen-bond acceptors (Lipinski definition) is 3. The average molecular weight is 295 g/mol. The Morgan fingerprint density at radius 1 is 1.29 bits per heavy atom. The monoisotopic (exact) mass is 295 g/mol. The van der Waals surface area contributed by atoms with E-state index in [1.165, 1.54) is 0 Å². The molecule has 2 N–H and O–H groups in total. The molecule has 1 rings (SSSR count). The molecule has 0 aliphatic carbocycles. The van der Waals surface area contributed by atoms with Crippen LogP contribution in [0.25, 0.3) is 0 Å². The van der Waals surface area contributed by atoms with Crippen LogP contribution in [0.1, 0.15) is 37.4 Å². The maximum absolute atomic E-state index is 13.6. The summed E-state index contributed by atoms with van der Waals surface area (Å²) in [5, 5.41) is 0. The summed E-state index contributed by atoms with van der Waals surface area (Å²) in [4.78, 5) is 4.62. The third-order valence-electron chi connectivity index (χ3n) is 4.01. The molecule has 0 bridgehead atoms. The van der Waals surface area contributed by atoms with Crippen molar-refractivity contribution in [2.24, 2.45) is 5.73 Å². The molecule has 0 amide bonds. The number of benzene rings is 1. The molecule has 1 aromatic carbocycles. The second-order valence-corrected chi connectivity index (χ2v) is 6.14. The molecule has 0 aliphatic heterocycles. The van der Waals surface area contributed by atoms with Gasteiger partial charge in [0.25, 0.3) is 0 Å². The first kappa shape index (κ1) is 18.1. The summed E-state index contributed by atoms with van der Waals surface area (Å²) < 4.78 is 13.6. The van der Waals surface area contributed by atoms with Crippen molar-refractivity contribution in [3.63, 3.8) is 0 Å². The highest BCUT2D eigenvalue weighted by Gasteiger charge is 2.15. The second-order valence-electron chi connectivity index (χ2n) is 6.14. The van der Waals surface area contributed by atoms with E-state index in [0.717, 1.165) is 31.6 Å². The molecule has 0 fully saturated rings. The zero-order valence-corrected chi connectivity index (χ0v) is 14.1. The fourth-order valence-electron chi connectivity index (χ4n) is 2.65. The molecule has 21 heavy (non-hydrogen) atoms. The molecule has 0 heterocycles. The molecule has 0 saturated carbocycles. The summed E-state index contributed by atoms with van der Waals surface area (Å²) in [5.41, 5.74) is 7.77. The van der Waals surface area contributed by atoms with E-state index in [-0.39, 0.29) is 11.9 Å². The molecule has 2 atom stereocenters. The van der Waals surface area contributed by atoms with Crippen LogP contribution in [0.5, 0.6) is 0 Å². The molecule has 0 aromatic heterocycles. The Balaban J connectivity index is 2.57. The van der Waals surface area contributed by atoms with Crippen LogP contribution in [0.3, 0.4) is 0 Å². The third-order valence-corrected chi connectivity index (χ3v) is 4.01. The van der Waals surface area contributed by atoms with Crippen molar-refractivity contribution < 1.29 is 4.39 Å². The van der Waals surface area contributed by atoms with E-state index < -0.39 is 0 Å². The van der Waals surface area contributed by atoms with Gasteiger partial charge in [-0.1, -0.05) is 19.1 Å². The van der Waals surface area contributed by atoms with Crippen molar-refractivity contribution in [2.75, 3.05) is 33.7 Å². The minimum absolute atomic E-state index is 0.110. The molecular weight excluding hydrogens is 265 g/mol. The van der Waals surface area contributed by atoms with Gasteiger partial charge in [-0.25, -0.2) is 4.39 Å². The highest BCUT2D eigenvalue weighted by atomic mass is 19.1. The molecule has 0 aliphatic rings. The maximum atomic E-state index is 13.6. The number of nitrogens with two attached hydrogens (primary N) is 1. The lowest BCUT2D eigenvalue weighted by Gasteiger charge is -2.30. The fraction of sp³-hybridized carbons (Fsp3) is 0.647. The van der Waals surface area contributed by atoms with Crippen molar-refractivity contribution in [2.45, 2.75) is 39.3 Å². The Morgan fingerprint density at radius 2 is 1.95 bits per heavy atom. The van der Waals surface area contributed by atoms with E-state index in [0.29, 0.717) is 11.6 Å². The Labute approximate surface area is 128 Å². The highest BCUT2D eigenvalue weighted by molar-refractivity contribution is 5.25.